The molecule has 0 aliphatic carbocycles. The lowest BCUT2D eigenvalue weighted by atomic mass is 10.1. The van der Waals surface area contributed by atoms with Crippen molar-refractivity contribution in [3.63, 3.8) is 0 Å². The standard InChI is InChI=1S/C16H22N2O2/c1-2-3-6-9-20-16(19)14(17)10-12-11-18-15-8-5-4-7-13(12)15/h4-5,7-8,11,14,18H,2-3,6,9-10,17H2,1H3. The second kappa shape index (κ2) is 7.10. The van der Waals surface area contributed by atoms with Gasteiger partial charge in [0.25, 0.3) is 0 Å². The first-order valence-corrected chi connectivity index (χ1v) is 7.19. The van der Waals surface area contributed by atoms with Gasteiger partial charge in [-0.1, -0.05) is 38.0 Å². The van der Waals surface area contributed by atoms with Gasteiger partial charge in [0.15, 0.2) is 0 Å². The number of ether oxygens (including phenoxy) is 1. The minimum atomic E-state index is -0.601. The van der Waals surface area contributed by atoms with Gasteiger partial charge in [0.1, 0.15) is 6.04 Å². The highest BCUT2D eigenvalue weighted by Gasteiger charge is 2.17. The maximum absolute atomic E-state index is 11.8. The van der Waals surface area contributed by atoms with Crippen LogP contribution in [0.4, 0.5) is 0 Å². The van der Waals surface area contributed by atoms with Gasteiger partial charge in [0.05, 0.1) is 6.61 Å². The third kappa shape index (κ3) is 3.61. The molecule has 20 heavy (non-hydrogen) atoms. The number of H-pyrrole nitrogens is 1. The molecule has 0 radical (unpaired) electrons. The minimum Gasteiger partial charge on any atom is -0.465 e. The van der Waals surface area contributed by atoms with Gasteiger partial charge in [-0.3, -0.25) is 4.79 Å². The molecular weight excluding hydrogens is 252 g/mol. The zero-order valence-electron chi connectivity index (χ0n) is 11.9. The lowest BCUT2D eigenvalue weighted by Gasteiger charge is -2.11. The molecule has 1 atom stereocenters. The number of hydrogen-bond acceptors (Lipinski definition) is 3. The Balaban J connectivity index is 1.90. The van der Waals surface area contributed by atoms with E-state index in [-0.39, 0.29) is 5.97 Å². The number of hydrogen-bond donors (Lipinski definition) is 2. The van der Waals surface area contributed by atoms with Crippen LogP contribution in [0.15, 0.2) is 30.5 Å². The van der Waals surface area contributed by atoms with E-state index in [1.807, 2.05) is 30.5 Å². The molecule has 1 aromatic carbocycles. The van der Waals surface area contributed by atoms with Gasteiger partial charge in [-0.2, -0.15) is 0 Å². The van der Waals surface area contributed by atoms with Crippen molar-refractivity contribution in [3.8, 4) is 0 Å². The summed E-state index contributed by atoms with van der Waals surface area (Å²) in [5.74, 6) is -0.314. The van der Waals surface area contributed by atoms with E-state index in [4.69, 9.17) is 10.5 Å². The lowest BCUT2D eigenvalue weighted by Crippen LogP contribution is -2.34. The smallest absolute Gasteiger partial charge is 0.323 e. The summed E-state index contributed by atoms with van der Waals surface area (Å²) in [6, 6.07) is 7.39. The van der Waals surface area contributed by atoms with E-state index in [1.54, 1.807) is 0 Å². The molecule has 3 N–H and O–H groups in total. The van der Waals surface area contributed by atoms with Gasteiger partial charge in [0, 0.05) is 23.5 Å². The molecule has 0 aliphatic heterocycles. The quantitative estimate of drug-likeness (QED) is 0.602. The fraction of sp³-hybridized carbons (Fsp3) is 0.438. The molecule has 0 saturated carbocycles. The van der Waals surface area contributed by atoms with Crippen molar-refractivity contribution in [1.82, 2.24) is 4.98 Å². The van der Waals surface area contributed by atoms with Crippen molar-refractivity contribution >= 4 is 16.9 Å². The summed E-state index contributed by atoms with van der Waals surface area (Å²) >= 11 is 0. The second-order valence-corrected chi connectivity index (χ2v) is 5.04. The Labute approximate surface area is 119 Å². The molecule has 0 amide bonds. The Morgan fingerprint density at radius 1 is 1.35 bits per heavy atom. The van der Waals surface area contributed by atoms with E-state index < -0.39 is 6.04 Å². The summed E-state index contributed by atoms with van der Waals surface area (Å²) in [5.41, 5.74) is 8.04. The van der Waals surface area contributed by atoms with Gasteiger partial charge < -0.3 is 15.5 Å². The Kier molecular flexibility index (Phi) is 5.18. The number of aromatic amines is 1. The van der Waals surface area contributed by atoms with Crippen molar-refractivity contribution < 1.29 is 9.53 Å². The number of nitrogens with two attached hydrogens (primary N) is 1. The van der Waals surface area contributed by atoms with Crippen LogP contribution in [0.2, 0.25) is 0 Å². The Morgan fingerprint density at radius 2 is 2.15 bits per heavy atom. The predicted molar refractivity (Wildman–Crippen MR) is 80.5 cm³/mol. The van der Waals surface area contributed by atoms with Crippen LogP contribution < -0.4 is 5.73 Å². The number of carbonyl (C=O) groups excluding carboxylic acids is 1. The monoisotopic (exact) mass is 274 g/mol. The third-order valence-corrected chi connectivity index (χ3v) is 3.41. The SMILES string of the molecule is CCCCCOC(=O)C(N)Cc1c[nH]c2ccccc12. The molecular formula is C16H22N2O2. The zero-order valence-corrected chi connectivity index (χ0v) is 11.9. The van der Waals surface area contributed by atoms with E-state index >= 15 is 0 Å². The van der Waals surface area contributed by atoms with Crippen LogP contribution in [0.25, 0.3) is 10.9 Å². The number of aromatic nitrogens is 1. The number of carbonyl (C=O) groups is 1. The normalized spacial score (nSPS) is 12.5. The predicted octanol–water partition coefficient (Wildman–Crippen LogP) is 2.77. The summed E-state index contributed by atoms with van der Waals surface area (Å²) in [5, 5.41) is 1.11. The van der Waals surface area contributed by atoms with E-state index in [0.29, 0.717) is 13.0 Å². The van der Waals surface area contributed by atoms with Gasteiger partial charge in [-0.15, -0.1) is 0 Å². The van der Waals surface area contributed by atoms with Crippen molar-refractivity contribution in [2.75, 3.05) is 6.61 Å². The van der Waals surface area contributed by atoms with Crippen molar-refractivity contribution in [2.24, 2.45) is 5.73 Å². The van der Waals surface area contributed by atoms with E-state index in [2.05, 4.69) is 11.9 Å². The third-order valence-electron chi connectivity index (χ3n) is 3.41. The van der Waals surface area contributed by atoms with Crippen molar-refractivity contribution in [3.05, 3.63) is 36.0 Å². The van der Waals surface area contributed by atoms with E-state index in [1.165, 1.54) is 0 Å². The fourth-order valence-electron chi connectivity index (χ4n) is 2.25. The first-order valence-electron chi connectivity index (χ1n) is 7.19. The fourth-order valence-corrected chi connectivity index (χ4v) is 2.25. The maximum Gasteiger partial charge on any atom is 0.323 e. The highest BCUT2D eigenvalue weighted by Crippen LogP contribution is 2.18. The summed E-state index contributed by atoms with van der Waals surface area (Å²) in [6.07, 6.45) is 5.50. The summed E-state index contributed by atoms with van der Waals surface area (Å²) in [6.45, 7) is 2.58. The van der Waals surface area contributed by atoms with Crippen molar-refractivity contribution in [1.29, 1.82) is 0 Å². The molecule has 0 fully saturated rings. The number of esters is 1. The van der Waals surface area contributed by atoms with Gasteiger partial charge >= 0.3 is 5.97 Å². The number of benzene rings is 1. The number of para-hydroxylation sites is 1. The van der Waals surface area contributed by atoms with Crippen LogP contribution in [0.1, 0.15) is 31.7 Å². The first-order chi connectivity index (χ1) is 9.72. The molecule has 0 bridgehead atoms. The maximum atomic E-state index is 11.8. The second-order valence-electron chi connectivity index (χ2n) is 5.04. The first kappa shape index (κ1) is 14.6. The van der Waals surface area contributed by atoms with Gasteiger partial charge in [-0.25, -0.2) is 0 Å². The number of unbranched alkanes of at least 4 members (excludes halogenated alkanes) is 2. The number of rotatable bonds is 7. The molecule has 1 aromatic heterocycles. The van der Waals surface area contributed by atoms with Crippen LogP contribution in [0.3, 0.4) is 0 Å². The van der Waals surface area contributed by atoms with Gasteiger partial charge in [-0.05, 0) is 18.1 Å². The summed E-state index contributed by atoms with van der Waals surface area (Å²) in [7, 11) is 0. The van der Waals surface area contributed by atoms with Crippen LogP contribution in [-0.2, 0) is 16.0 Å². The Morgan fingerprint density at radius 3 is 2.95 bits per heavy atom. The topological polar surface area (TPSA) is 68.1 Å². The van der Waals surface area contributed by atoms with Crippen LogP contribution in [0, 0.1) is 0 Å². The van der Waals surface area contributed by atoms with Crippen LogP contribution in [0.5, 0.6) is 0 Å². The zero-order chi connectivity index (χ0) is 14.4. The molecule has 108 valence electrons. The molecule has 0 saturated heterocycles. The average molecular weight is 274 g/mol. The van der Waals surface area contributed by atoms with E-state index in [0.717, 1.165) is 35.7 Å². The summed E-state index contributed by atoms with van der Waals surface area (Å²) < 4.78 is 5.19. The molecule has 1 unspecified atom stereocenters. The molecule has 0 spiro atoms. The molecule has 0 aliphatic rings. The largest absolute Gasteiger partial charge is 0.465 e. The minimum absolute atomic E-state index is 0.314. The van der Waals surface area contributed by atoms with Crippen molar-refractivity contribution in [2.45, 2.75) is 38.6 Å². The number of fused-ring (bicyclic) bond motifs is 1. The Bertz CT molecular complexity index is 562. The van der Waals surface area contributed by atoms with Crippen LogP contribution in [-0.4, -0.2) is 23.6 Å². The molecule has 2 aromatic rings. The molecule has 2 rings (SSSR count). The Hall–Kier alpha value is -1.81. The highest BCUT2D eigenvalue weighted by atomic mass is 16.5. The molecule has 1 heterocycles. The van der Waals surface area contributed by atoms with E-state index in [9.17, 15) is 4.79 Å². The van der Waals surface area contributed by atoms with Crippen LogP contribution >= 0.6 is 0 Å². The average Bonchev–Trinajstić information content (AvgIpc) is 2.87. The van der Waals surface area contributed by atoms with Gasteiger partial charge in [0.2, 0.25) is 0 Å². The highest BCUT2D eigenvalue weighted by molar-refractivity contribution is 5.84. The molecule has 4 nitrogen and oxygen atoms in total. The lowest BCUT2D eigenvalue weighted by molar-refractivity contribution is -0.145. The molecule has 4 heteroatoms. The number of nitrogens with one attached hydrogen (secondary N) is 1. The summed E-state index contributed by atoms with van der Waals surface area (Å²) in [4.78, 5) is 15.0.